The van der Waals surface area contributed by atoms with Crippen LogP contribution in [0.3, 0.4) is 0 Å². The Hall–Kier alpha value is -0.380. The summed E-state index contributed by atoms with van der Waals surface area (Å²) in [7, 11) is 0. The van der Waals surface area contributed by atoms with Gasteiger partial charge >= 0.3 is 0 Å². The van der Waals surface area contributed by atoms with Crippen molar-refractivity contribution in [1.29, 1.82) is 0 Å². The largest absolute Gasteiger partial charge is 0.312 e. The fourth-order valence-electron chi connectivity index (χ4n) is 1.93. The monoisotopic (exact) mass is 287 g/mol. The Balaban J connectivity index is 2.61. The molecule has 0 radical (unpaired) electrons. The van der Waals surface area contributed by atoms with Crippen LogP contribution in [0.4, 0.5) is 0 Å². The summed E-state index contributed by atoms with van der Waals surface area (Å²) >= 11 is 3.46. The predicted molar refractivity (Wildman–Crippen MR) is 70.9 cm³/mol. The highest BCUT2D eigenvalue weighted by Gasteiger charge is 2.12. The fourth-order valence-corrected chi connectivity index (χ4v) is 2.31. The zero-order chi connectivity index (χ0) is 12.0. The van der Waals surface area contributed by atoms with Crippen LogP contribution >= 0.6 is 15.9 Å². The summed E-state index contributed by atoms with van der Waals surface area (Å²) in [5.41, 5.74) is 0. The Bertz CT molecular complexity index is 307. The Morgan fingerprint density at radius 2 is 1.81 bits per heavy atom. The molecule has 0 spiro atoms. The molecule has 0 bridgehead atoms. The second kappa shape index (κ2) is 7.05. The van der Waals surface area contributed by atoms with Crippen LogP contribution < -0.4 is 0 Å². The lowest BCUT2D eigenvalue weighted by molar-refractivity contribution is 0.539. The number of rotatable bonds is 7. The third kappa shape index (κ3) is 3.58. The molecule has 0 amide bonds. The van der Waals surface area contributed by atoms with Crippen LogP contribution in [0.1, 0.15) is 64.1 Å². The summed E-state index contributed by atoms with van der Waals surface area (Å²) < 4.78 is 2.25. The third-order valence-electron chi connectivity index (χ3n) is 2.73. The molecular weight excluding hydrogens is 266 g/mol. The minimum atomic E-state index is 0.448. The van der Waals surface area contributed by atoms with E-state index in [0.29, 0.717) is 6.04 Å². The fraction of sp³-hybridized carbons (Fsp3) is 0.833. The third-order valence-corrected chi connectivity index (χ3v) is 3.23. The number of alkyl halides is 1. The normalized spacial score (nSPS) is 11.3. The SMILES string of the molecule is CCCCCCc1nnc(CBr)n1C(C)C. The number of hydrogen-bond acceptors (Lipinski definition) is 2. The molecule has 1 aromatic rings. The molecule has 0 saturated carbocycles. The highest BCUT2D eigenvalue weighted by molar-refractivity contribution is 9.08. The Morgan fingerprint density at radius 1 is 1.12 bits per heavy atom. The van der Waals surface area contributed by atoms with E-state index in [1.807, 2.05) is 0 Å². The van der Waals surface area contributed by atoms with Gasteiger partial charge in [0.2, 0.25) is 0 Å². The van der Waals surface area contributed by atoms with Crippen molar-refractivity contribution >= 4 is 15.9 Å². The minimum Gasteiger partial charge on any atom is -0.312 e. The van der Waals surface area contributed by atoms with Gasteiger partial charge in [-0.05, 0) is 20.3 Å². The van der Waals surface area contributed by atoms with E-state index in [1.165, 1.54) is 25.7 Å². The van der Waals surface area contributed by atoms with Crippen LogP contribution in [0.2, 0.25) is 0 Å². The van der Waals surface area contributed by atoms with Gasteiger partial charge < -0.3 is 4.57 Å². The van der Waals surface area contributed by atoms with Crippen LogP contribution in [-0.2, 0) is 11.8 Å². The molecule has 0 aliphatic heterocycles. The van der Waals surface area contributed by atoms with Gasteiger partial charge in [-0.25, -0.2) is 0 Å². The predicted octanol–water partition coefficient (Wildman–Crippen LogP) is 3.88. The number of halogens is 1. The van der Waals surface area contributed by atoms with Crippen LogP contribution in [0, 0.1) is 0 Å². The maximum absolute atomic E-state index is 4.29. The van der Waals surface area contributed by atoms with Gasteiger partial charge in [-0.3, -0.25) is 0 Å². The first-order valence-corrected chi connectivity index (χ1v) is 7.31. The molecule has 16 heavy (non-hydrogen) atoms. The molecule has 1 heterocycles. The lowest BCUT2D eigenvalue weighted by Gasteiger charge is -2.12. The van der Waals surface area contributed by atoms with Gasteiger partial charge in [0.15, 0.2) is 0 Å². The molecule has 1 rings (SSSR count). The van der Waals surface area contributed by atoms with Crippen molar-refractivity contribution in [2.75, 3.05) is 0 Å². The van der Waals surface area contributed by atoms with E-state index in [-0.39, 0.29) is 0 Å². The van der Waals surface area contributed by atoms with E-state index >= 15 is 0 Å². The van der Waals surface area contributed by atoms with Gasteiger partial charge in [-0.1, -0.05) is 42.1 Å². The second-order valence-electron chi connectivity index (χ2n) is 4.44. The smallest absolute Gasteiger partial charge is 0.143 e. The van der Waals surface area contributed by atoms with Gasteiger partial charge in [0, 0.05) is 12.5 Å². The molecule has 0 atom stereocenters. The van der Waals surface area contributed by atoms with Crippen LogP contribution in [-0.4, -0.2) is 14.8 Å². The van der Waals surface area contributed by atoms with Crippen molar-refractivity contribution in [2.24, 2.45) is 0 Å². The standard InChI is InChI=1S/C12H22BrN3/c1-4-5-6-7-8-11-14-15-12(9-13)16(11)10(2)3/h10H,4-9H2,1-3H3. The maximum Gasteiger partial charge on any atom is 0.143 e. The maximum atomic E-state index is 4.29. The molecule has 3 nitrogen and oxygen atoms in total. The van der Waals surface area contributed by atoms with E-state index in [2.05, 4.69) is 51.5 Å². The second-order valence-corrected chi connectivity index (χ2v) is 5.00. The number of aromatic nitrogens is 3. The molecule has 0 saturated heterocycles. The molecule has 0 unspecified atom stereocenters. The summed E-state index contributed by atoms with van der Waals surface area (Å²) in [6, 6.07) is 0.448. The van der Waals surface area contributed by atoms with Crippen molar-refractivity contribution in [3.8, 4) is 0 Å². The minimum absolute atomic E-state index is 0.448. The van der Waals surface area contributed by atoms with Crippen molar-refractivity contribution in [2.45, 2.75) is 64.2 Å². The average Bonchev–Trinajstić information content (AvgIpc) is 2.67. The Kier molecular flexibility index (Phi) is 6.03. The lowest BCUT2D eigenvalue weighted by Crippen LogP contribution is -2.09. The van der Waals surface area contributed by atoms with Crippen LogP contribution in [0.5, 0.6) is 0 Å². The number of aryl methyl sites for hydroxylation is 1. The molecule has 0 fully saturated rings. The molecule has 0 aliphatic rings. The number of hydrogen-bond donors (Lipinski definition) is 0. The summed E-state index contributed by atoms with van der Waals surface area (Å²) in [6.07, 6.45) is 6.18. The number of nitrogens with zero attached hydrogens (tertiary/aromatic N) is 3. The molecular formula is C12H22BrN3. The average molecular weight is 288 g/mol. The van der Waals surface area contributed by atoms with E-state index in [1.54, 1.807) is 0 Å². The van der Waals surface area contributed by atoms with Gasteiger partial charge in [0.1, 0.15) is 11.6 Å². The van der Waals surface area contributed by atoms with E-state index < -0.39 is 0 Å². The summed E-state index contributed by atoms with van der Waals surface area (Å²) in [4.78, 5) is 0. The topological polar surface area (TPSA) is 30.7 Å². The van der Waals surface area contributed by atoms with Crippen LogP contribution in [0.15, 0.2) is 0 Å². The zero-order valence-electron chi connectivity index (χ0n) is 10.5. The molecule has 1 aromatic heterocycles. The Morgan fingerprint density at radius 3 is 2.38 bits per heavy atom. The van der Waals surface area contributed by atoms with Gasteiger partial charge in [-0.15, -0.1) is 10.2 Å². The van der Waals surface area contributed by atoms with Crippen molar-refractivity contribution in [1.82, 2.24) is 14.8 Å². The first kappa shape index (κ1) is 13.7. The summed E-state index contributed by atoms with van der Waals surface area (Å²) in [5.74, 6) is 2.18. The Labute approximate surface area is 107 Å². The molecule has 0 N–H and O–H groups in total. The molecule has 0 aromatic carbocycles. The van der Waals surface area contributed by atoms with E-state index in [4.69, 9.17) is 0 Å². The van der Waals surface area contributed by atoms with Gasteiger partial charge in [0.25, 0.3) is 0 Å². The van der Waals surface area contributed by atoms with Crippen molar-refractivity contribution < 1.29 is 0 Å². The molecule has 4 heteroatoms. The van der Waals surface area contributed by atoms with Crippen molar-refractivity contribution in [3.05, 3.63) is 11.6 Å². The lowest BCUT2D eigenvalue weighted by atomic mass is 10.1. The summed E-state index contributed by atoms with van der Waals surface area (Å²) in [6.45, 7) is 6.61. The van der Waals surface area contributed by atoms with Crippen LogP contribution in [0.25, 0.3) is 0 Å². The van der Waals surface area contributed by atoms with Gasteiger partial charge in [0.05, 0.1) is 5.33 Å². The highest BCUT2D eigenvalue weighted by atomic mass is 79.9. The quantitative estimate of drug-likeness (QED) is 0.563. The highest BCUT2D eigenvalue weighted by Crippen LogP contribution is 2.16. The number of unbranched alkanes of at least 4 members (excludes halogenated alkanes) is 3. The molecule has 92 valence electrons. The summed E-state index contributed by atoms with van der Waals surface area (Å²) in [5, 5.41) is 9.29. The first-order chi connectivity index (χ1) is 7.70. The van der Waals surface area contributed by atoms with E-state index in [0.717, 1.165) is 23.4 Å². The zero-order valence-corrected chi connectivity index (χ0v) is 12.1. The first-order valence-electron chi connectivity index (χ1n) is 6.19. The van der Waals surface area contributed by atoms with Gasteiger partial charge in [-0.2, -0.15) is 0 Å². The van der Waals surface area contributed by atoms with Crippen molar-refractivity contribution in [3.63, 3.8) is 0 Å². The molecule has 0 aliphatic carbocycles. The van der Waals surface area contributed by atoms with E-state index in [9.17, 15) is 0 Å².